The standard InChI is InChI=1S/C26H23FN2O3S/c1-17-3-7-19(8-4-17)24(30)29-13-14-33-26(29)22-15-21(32-2)11-12-23(22)28(25(26)31)16-18-5-9-20(27)10-6-18/h3-12,15H,13-14,16H2,1-2H3/t26-/m0/s1. The van der Waals surface area contributed by atoms with E-state index in [2.05, 4.69) is 0 Å². The van der Waals surface area contributed by atoms with E-state index in [-0.39, 0.29) is 24.2 Å². The first kappa shape index (κ1) is 21.5. The molecule has 2 aliphatic heterocycles. The largest absolute Gasteiger partial charge is 0.497 e. The zero-order chi connectivity index (χ0) is 23.2. The monoisotopic (exact) mass is 462 g/mol. The summed E-state index contributed by atoms with van der Waals surface area (Å²) < 4.78 is 18.9. The predicted octanol–water partition coefficient (Wildman–Crippen LogP) is 4.73. The van der Waals surface area contributed by atoms with Crippen LogP contribution >= 0.6 is 11.8 Å². The molecule has 7 heteroatoms. The maximum Gasteiger partial charge on any atom is 0.268 e. The molecule has 5 rings (SSSR count). The molecule has 3 aromatic carbocycles. The summed E-state index contributed by atoms with van der Waals surface area (Å²) in [4.78, 5) is 29.9. The lowest BCUT2D eigenvalue weighted by molar-refractivity contribution is -0.123. The fourth-order valence-electron chi connectivity index (χ4n) is 4.50. The van der Waals surface area contributed by atoms with Crippen molar-refractivity contribution >= 4 is 29.3 Å². The Hall–Kier alpha value is -3.32. The van der Waals surface area contributed by atoms with Crippen LogP contribution in [0.2, 0.25) is 0 Å². The van der Waals surface area contributed by atoms with Gasteiger partial charge in [0.15, 0.2) is 4.87 Å². The molecule has 0 unspecified atom stereocenters. The fourth-order valence-corrected chi connectivity index (χ4v) is 5.95. The van der Waals surface area contributed by atoms with Gasteiger partial charge in [-0.05, 0) is 55.0 Å². The second-order valence-corrected chi connectivity index (χ2v) is 9.50. The van der Waals surface area contributed by atoms with Crippen molar-refractivity contribution in [1.29, 1.82) is 0 Å². The van der Waals surface area contributed by atoms with Crippen LogP contribution in [0.5, 0.6) is 5.75 Å². The summed E-state index contributed by atoms with van der Waals surface area (Å²) in [6.45, 7) is 2.72. The smallest absolute Gasteiger partial charge is 0.268 e. The molecule has 1 atom stereocenters. The number of aryl methyl sites for hydroxylation is 1. The van der Waals surface area contributed by atoms with E-state index in [9.17, 15) is 14.0 Å². The highest BCUT2D eigenvalue weighted by Crippen LogP contribution is 2.55. The molecule has 1 fully saturated rings. The fraction of sp³-hybridized carbons (Fsp3) is 0.231. The lowest BCUT2D eigenvalue weighted by atomic mass is 10.0. The minimum absolute atomic E-state index is 0.168. The molecule has 0 radical (unpaired) electrons. The summed E-state index contributed by atoms with van der Waals surface area (Å²) in [6.07, 6.45) is 0. The quantitative estimate of drug-likeness (QED) is 0.563. The summed E-state index contributed by atoms with van der Waals surface area (Å²) >= 11 is 1.47. The van der Waals surface area contributed by atoms with Crippen LogP contribution in [0.25, 0.3) is 0 Å². The Morgan fingerprint density at radius 3 is 2.52 bits per heavy atom. The van der Waals surface area contributed by atoms with Gasteiger partial charge in [-0.1, -0.05) is 29.8 Å². The Balaban J connectivity index is 1.60. The number of halogens is 1. The molecule has 3 aromatic rings. The molecule has 0 bridgehead atoms. The maximum absolute atomic E-state index is 14.1. The van der Waals surface area contributed by atoms with Crippen molar-refractivity contribution < 1.29 is 18.7 Å². The number of rotatable bonds is 4. The van der Waals surface area contributed by atoms with E-state index in [1.165, 1.54) is 23.9 Å². The van der Waals surface area contributed by atoms with Crippen molar-refractivity contribution in [3.63, 3.8) is 0 Å². The van der Waals surface area contributed by atoms with Gasteiger partial charge >= 0.3 is 0 Å². The molecule has 168 valence electrons. The van der Waals surface area contributed by atoms with Crippen molar-refractivity contribution in [1.82, 2.24) is 4.90 Å². The molecule has 2 heterocycles. The number of fused-ring (bicyclic) bond motifs is 2. The van der Waals surface area contributed by atoms with Crippen LogP contribution in [0, 0.1) is 12.7 Å². The van der Waals surface area contributed by atoms with E-state index < -0.39 is 4.87 Å². The van der Waals surface area contributed by atoms with E-state index >= 15 is 0 Å². The van der Waals surface area contributed by atoms with Gasteiger partial charge < -0.3 is 14.5 Å². The van der Waals surface area contributed by atoms with Crippen LogP contribution in [0.3, 0.4) is 0 Å². The molecular weight excluding hydrogens is 439 g/mol. The average Bonchev–Trinajstić information content (AvgIpc) is 3.37. The third-order valence-corrected chi connectivity index (χ3v) is 7.62. The molecule has 0 N–H and O–H groups in total. The van der Waals surface area contributed by atoms with E-state index in [0.29, 0.717) is 23.6 Å². The molecule has 0 aromatic heterocycles. The van der Waals surface area contributed by atoms with Gasteiger partial charge in [-0.25, -0.2) is 4.39 Å². The third-order valence-electron chi connectivity index (χ3n) is 6.20. The Morgan fingerprint density at radius 2 is 1.82 bits per heavy atom. The first-order valence-corrected chi connectivity index (χ1v) is 11.7. The van der Waals surface area contributed by atoms with E-state index in [0.717, 1.165) is 22.4 Å². The molecule has 33 heavy (non-hydrogen) atoms. The number of hydrogen-bond donors (Lipinski definition) is 0. The number of methoxy groups -OCH3 is 1. The molecule has 1 spiro atoms. The van der Waals surface area contributed by atoms with Crippen LogP contribution in [-0.4, -0.2) is 36.1 Å². The lowest BCUT2D eigenvalue weighted by Gasteiger charge is -2.33. The van der Waals surface area contributed by atoms with Crippen LogP contribution in [0.15, 0.2) is 66.7 Å². The number of amides is 2. The Kier molecular flexibility index (Phi) is 5.37. The van der Waals surface area contributed by atoms with Crippen molar-refractivity contribution in [3.8, 4) is 5.75 Å². The normalized spacial score (nSPS) is 19.3. The van der Waals surface area contributed by atoms with Gasteiger partial charge in [0.2, 0.25) is 0 Å². The van der Waals surface area contributed by atoms with E-state index in [1.807, 2.05) is 37.3 Å². The first-order valence-electron chi connectivity index (χ1n) is 10.7. The summed E-state index contributed by atoms with van der Waals surface area (Å²) in [5, 5.41) is 0. The Bertz CT molecular complexity index is 1230. The number of carbonyl (C=O) groups excluding carboxylic acids is 2. The molecule has 0 aliphatic carbocycles. The summed E-state index contributed by atoms with van der Waals surface area (Å²) in [6, 6.07) is 19.1. The zero-order valence-corrected chi connectivity index (χ0v) is 19.2. The Labute approximate surface area is 196 Å². The van der Waals surface area contributed by atoms with Crippen LogP contribution < -0.4 is 9.64 Å². The number of nitrogens with zero attached hydrogens (tertiary/aromatic N) is 2. The number of ether oxygens (including phenoxy) is 1. The number of thioether (sulfide) groups is 1. The molecular formula is C26H23FN2O3S. The average molecular weight is 463 g/mol. The van der Waals surface area contributed by atoms with Gasteiger partial charge in [0.1, 0.15) is 11.6 Å². The first-order chi connectivity index (χ1) is 15.9. The predicted molar refractivity (Wildman–Crippen MR) is 127 cm³/mol. The Morgan fingerprint density at radius 1 is 1.09 bits per heavy atom. The molecule has 5 nitrogen and oxygen atoms in total. The van der Waals surface area contributed by atoms with Crippen molar-refractivity contribution in [2.75, 3.05) is 24.3 Å². The zero-order valence-electron chi connectivity index (χ0n) is 18.4. The summed E-state index contributed by atoms with van der Waals surface area (Å²) in [5.74, 6) is 0.600. The van der Waals surface area contributed by atoms with Crippen molar-refractivity contribution in [3.05, 3.63) is 94.8 Å². The van der Waals surface area contributed by atoms with Crippen molar-refractivity contribution in [2.24, 2.45) is 0 Å². The number of anilines is 1. The topological polar surface area (TPSA) is 49.9 Å². The molecule has 0 saturated carbocycles. The highest BCUT2D eigenvalue weighted by molar-refractivity contribution is 8.01. The number of carbonyl (C=O) groups is 2. The van der Waals surface area contributed by atoms with Gasteiger partial charge in [0.25, 0.3) is 11.8 Å². The number of hydrogen-bond acceptors (Lipinski definition) is 4. The van der Waals surface area contributed by atoms with E-state index in [4.69, 9.17) is 4.74 Å². The van der Waals surface area contributed by atoms with Crippen molar-refractivity contribution in [2.45, 2.75) is 18.3 Å². The van der Waals surface area contributed by atoms with Gasteiger partial charge in [-0.3, -0.25) is 9.59 Å². The third kappa shape index (κ3) is 3.47. The van der Waals surface area contributed by atoms with Crippen LogP contribution in [0.4, 0.5) is 10.1 Å². The van der Waals surface area contributed by atoms with Gasteiger partial charge in [-0.15, -0.1) is 11.8 Å². The van der Waals surface area contributed by atoms with Crippen LogP contribution in [0.1, 0.15) is 27.0 Å². The highest BCUT2D eigenvalue weighted by Gasteiger charge is 2.59. The molecule has 2 aliphatic rings. The lowest BCUT2D eigenvalue weighted by Crippen LogP contribution is -2.50. The molecule has 2 amide bonds. The van der Waals surface area contributed by atoms with Gasteiger partial charge in [0, 0.05) is 23.4 Å². The van der Waals surface area contributed by atoms with E-state index in [1.54, 1.807) is 41.2 Å². The minimum Gasteiger partial charge on any atom is -0.497 e. The minimum atomic E-state index is -1.16. The maximum atomic E-state index is 14.1. The van der Waals surface area contributed by atoms with Crippen LogP contribution in [-0.2, 0) is 16.2 Å². The summed E-state index contributed by atoms with van der Waals surface area (Å²) in [7, 11) is 1.58. The summed E-state index contributed by atoms with van der Waals surface area (Å²) in [5.41, 5.74) is 3.91. The number of benzene rings is 3. The van der Waals surface area contributed by atoms with Gasteiger partial charge in [0.05, 0.1) is 19.3 Å². The second-order valence-electron chi connectivity index (χ2n) is 8.22. The SMILES string of the molecule is COc1ccc2c(c1)[C@]1(SCCN1C(=O)c1ccc(C)cc1)C(=O)N2Cc1ccc(F)cc1. The molecule has 1 saturated heterocycles. The second kappa shape index (κ2) is 8.23. The van der Waals surface area contributed by atoms with Gasteiger partial charge in [-0.2, -0.15) is 0 Å². The highest BCUT2D eigenvalue weighted by atomic mass is 32.2.